The first-order chi connectivity index (χ1) is 9.27. The van der Waals surface area contributed by atoms with Gasteiger partial charge >= 0.3 is 0 Å². The summed E-state index contributed by atoms with van der Waals surface area (Å²) >= 11 is 3.03. The first-order valence-corrected chi connectivity index (χ1v) is 8.18. The molecular formula is C13H11BrFNO3S. The maximum atomic E-state index is 13.3. The van der Waals surface area contributed by atoms with Gasteiger partial charge in [0.1, 0.15) is 11.6 Å². The predicted octanol–water partition coefficient (Wildman–Crippen LogP) is 3.37. The van der Waals surface area contributed by atoms with Crippen LogP contribution in [0.4, 0.5) is 10.1 Å². The van der Waals surface area contributed by atoms with Crippen LogP contribution in [0.1, 0.15) is 0 Å². The van der Waals surface area contributed by atoms with Crippen molar-refractivity contribution in [2.45, 2.75) is 4.90 Å². The number of nitrogen functional groups attached to an aromatic ring is 1. The number of benzene rings is 2. The molecule has 20 heavy (non-hydrogen) atoms. The molecule has 0 aliphatic carbocycles. The minimum atomic E-state index is -3.32. The predicted molar refractivity (Wildman–Crippen MR) is 78.1 cm³/mol. The van der Waals surface area contributed by atoms with Gasteiger partial charge in [0.2, 0.25) is 0 Å². The van der Waals surface area contributed by atoms with Crippen LogP contribution in [0.15, 0.2) is 45.8 Å². The molecule has 106 valence electrons. The van der Waals surface area contributed by atoms with E-state index in [0.717, 1.165) is 12.3 Å². The van der Waals surface area contributed by atoms with Gasteiger partial charge in [-0.2, -0.15) is 0 Å². The van der Waals surface area contributed by atoms with Gasteiger partial charge < -0.3 is 10.5 Å². The second-order valence-electron chi connectivity index (χ2n) is 4.15. The van der Waals surface area contributed by atoms with E-state index in [9.17, 15) is 12.8 Å². The molecule has 4 nitrogen and oxygen atoms in total. The highest BCUT2D eigenvalue weighted by Gasteiger charge is 2.11. The summed E-state index contributed by atoms with van der Waals surface area (Å²) in [7, 11) is -3.32. The van der Waals surface area contributed by atoms with E-state index in [4.69, 9.17) is 10.5 Å². The minimum Gasteiger partial charge on any atom is -0.455 e. The third-order valence-corrected chi connectivity index (χ3v) is 4.23. The molecule has 7 heteroatoms. The molecule has 0 saturated heterocycles. The summed E-state index contributed by atoms with van der Waals surface area (Å²) in [5, 5.41) is 0. The second kappa shape index (κ2) is 5.41. The van der Waals surface area contributed by atoms with Crippen LogP contribution < -0.4 is 10.5 Å². The molecular weight excluding hydrogens is 349 g/mol. The van der Waals surface area contributed by atoms with E-state index in [1.165, 1.54) is 18.2 Å². The van der Waals surface area contributed by atoms with Gasteiger partial charge in [0.25, 0.3) is 0 Å². The van der Waals surface area contributed by atoms with Crippen LogP contribution in [-0.2, 0) is 9.84 Å². The lowest BCUT2D eigenvalue weighted by molar-refractivity contribution is 0.480. The largest absolute Gasteiger partial charge is 0.455 e. The van der Waals surface area contributed by atoms with Crippen molar-refractivity contribution in [3.8, 4) is 11.5 Å². The highest BCUT2D eigenvalue weighted by Crippen LogP contribution is 2.32. The van der Waals surface area contributed by atoms with Crippen molar-refractivity contribution in [2.24, 2.45) is 0 Å². The lowest BCUT2D eigenvalue weighted by Gasteiger charge is -2.10. The van der Waals surface area contributed by atoms with Gasteiger partial charge in [-0.15, -0.1) is 0 Å². The smallest absolute Gasteiger partial charge is 0.175 e. The molecule has 2 N–H and O–H groups in total. The normalized spacial score (nSPS) is 11.3. The molecule has 0 aromatic heterocycles. The van der Waals surface area contributed by atoms with E-state index in [0.29, 0.717) is 5.75 Å². The first kappa shape index (κ1) is 14.8. The van der Waals surface area contributed by atoms with E-state index >= 15 is 0 Å². The highest BCUT2D eigenvalue weighted by molar-refractivity contribution is 9.10. The maximum Gasteiger partial charge on any atom is 0.175 e. The van der Waals surface area contributed by atoms with Crippen LogP contribution in [0.2, 0.25) is 0 Å². The third-order valence-electron chi connectivity index (χ3n) is 2.51. The molecule has 2 aromatic rings. The number of ether oxygens (including phenoxy) is 1. The molecule has 0 atom stereocenters. The van der Waals surface area contributed by atoms with Gasteiger partial charge in [-0.25, -0.2) is 12.8 Å². The van der Waals surface area contributed by atoms with Crippen molar-refractivity contribution in [2.75, 3.05) is 12.0 Å². The zero-order valence-electron chi connectivity index (χ0n) is 10.4. The topological polar surface area (TPSA) is 69.4 Å². The Labute approximate surface area is 124 Å². The Kier molecular flexibility index (Phi) is 4.01. The summed E-state index contributed by atoms with van der Waals surface area (Å²) in [6.07, 6.45) is 1.11. The highest BCUT2D eigenvalue weighted by atomic mass is 79.9. The zero-order valence-corrected chi connectivity index (χ0v) is 12.8. The van der Waals surface area contributed by atoms with Crippen molar-refractivity contribution in [1.29, 1.82) is 0 Å². The molecule has 0 unspecified atom stereocenters. The molecule has 0 radical (unpaired) electrons. The molecule has 0 saturated carbocycles. The molecule has 2 aromatic carbocycles. The molecule has 2 rings (SSSR count). The van der Waals surface area contributed by atoms with Crippen molar-refractivity contribution < 1.29 is 17.5 Å². The number of sulfone groups is 1. The number of anilines is 1. The molecule has 0 aliphatic heterocycles. The van der Waals surface area contributed by atoms with E-state index in [1.807, 2.05) is 0 Å². The van der Waals surface area contributed by atoms with Crippen molar-refractivity contribution in [1.82, 2.24) is 0 Å². The van der Waals surface area contributed by atoms with Gasteiger partial charge in [0.15, 0.2) is 15.6 Å². The molecule has 0 amide bonds. The van der Waals surface area contributed by atoms with Gasteiger partial charge in [0.05, 0.1) is 15.1 Å². The monoisotopic (exact) mass is 359 g/mol. The fraction of sp³-hybridized carbons (Fsp3) is 0.0769. The van der Waals surface area contributed by atoms with Crippen molar-refractivity contribution in [3.63, 3.8) is 0 Å². The lowest BCUT2D eigenvalue weighted by atomic mass is 10.3. The average molecular weight is 360 g/mol. The Morgan fingerprint density at radius 1 is 1.25 bits per heavy atom. The van der Waals surface area contributed by atoms with E-state index < -0.39 is 15.7 Å². The second-order valence-corrected chi connectivity index (χ2v) is 7.02. The fourth-order valence-corrected chi connectivity index (χ4v) is 2.51. The quantitative estimate of drug-likeness (QED) is 0.853. The standard InChI is InChI=1S/C13H11BrFNO3S/c1-20(17,18)9-4-2-3-8(5-9)19-13-6-10(14)11(15)7-12(13)16/h2-7H,16H2,1H3. The van der Waals surface area contributed by atoms with Crippen LogP contribution in [-0.4, -0.2) is 14.7 Å². The van der Waals surface area contributed by atoms with Crippen molar-refractivity contribution >= 4 is 31.5 Å². The molecule has 0 heterocycles. The van der Waals surface area contributed by atoms with Crippen LogP contribution in [0.3, 0.4) is 0 Å². The molecule has 0 fully saturated rings. The third kappa shape index (κ3) is 3.29. The van der Waals surface area contributed by atoms with Gasteiger partial charge in [0, 0.05) is 18.4 Å². The number of halogens is 2. The summed E-state index contributed by atoms with van der Waals surface area (Å²) in [6, 6.07) is 8.50. The van der Waals surface area contributed by atoms with Crippen molar-refractivity contribution in [3.05, 3.63) is 46.7 Å². The summed E-state index contributed by atoms with van der Waals surface area (Å²) in [6.45, 7) is 0. The number of hydrogen-bond acceptors (Lipinski definition) is 4. The fourth-order valence-electron chi connectivity index (χ4n) is 1.53. The van der Waals surface area contributed by atoms with Gasteiger partial charge in [-0.3, -0.25) is 0 Å². The zero-order chi connectivity index (χ0) is 14.9. The van der Waals surface area contributed by atoms with Gasteiger partial charge in [-0.05, 0) is 34.1 Å². The summed E-state index contributed by atoms with van der Waals surface area (Å²) in [5.41, 5.74) is 5.78. The van der Waals surface area contributed by atoms with Crippen LogP contribution in [0.25, 0.3) is 0 Å². The summed E-state index contributed by atoms with van der Waals surface area (Å²) in [4.78, 5) is 0.134. The molecule has 0 bridgehead atoms. The number of hydrogen-bond donors (Lipinski definition) is 1. The summed E-state index contributed by atoms with van der Waals surface area (Å²) < 4.78 is 41.9. The van der Waals surface area contributed by atoms with E-state index in [2.05, 4.69) is 15.9 Å². The van der Waals surface area contributed by atoms with E-state index in [1.54, 1.807) is 12.1 Å². The van der Waals surface area contributed by atoms with E-state index in [-0.39, 0.29) is 20.8 Å². The Bertz CT molecular complexity index is 762. The molecule has 0 aliphatic rings. The van der Waals surface area contributed by atoms with Crippen LogP contribution in [0, 0.1) is 5.82 Å². The maximum absolute atomic E-state index is 13.3. The first-order valence-electron chi connectivity index (χ1n) is 5.50. The Balaban J connectivity index is 2.38. The number of nitrogens with two attached hydrogens (primary N) is 1. The van der Waals surface area contributed by atoms with Gasteiger partial charge in [-0.1, -0.05) is 6.07 Å². The van der Waals surface area contributed by atoms with Crippen LogP contribution >= 0.6 is 15.9 Å². The SMILES string of the molecule is CS(=O)(=O)c1cccc(Oc2cc(Br)c(F)cc2N)c1. The Morgan fingerprint density at radius 3 is 2.60 bits per heavy atom. The Morgan fingerprint density at radius 2 is 1.95 bits per heavy atom. The minimum absolute atomic E-state index is 0.121. The van der Waals surface area contributed by atoms with Crippen LogP contribution in [0.5, 0.6) is 11.5 Å². The summed E-state index contributed by atoms with van der Waals surface area (Å²) in [5.74, 6) is 0.0433. The lowest BCUT2D eigenvalue weighted by Crippen LogP contribution is -1.98. The number of rotatable bonds is 3. The Hall–Kier alpha value is -1.60. The molecule has 0 spiro atoms. The average Bonchev–Trinajstić information content (AvgIpc) is 2.35.